The lowest BCUT2D eigenvalue weighted by Gasteiger charge is -2.39. The van der Waals surface area contributed by atoms with Crippen molar-refractivity contribution >= 4 is 22.6 Å². The fraction of sp³-hybridized carbons (Fsp3) is 0.545. The van der Waals surface area contributed by atoms with Gasteiger partial charge in [-0.2, -0.15) is 0 Å². The Morgan fingerprint density at radius 3 is 2.09 bits per heavy atom. The molecule has 6 rings (SSSR count). The van der Waals surface area contributed by atoms with Crippen LogP contribution in [0.3, 0.4) is 0 Å². The first-order chi connectivity index (χ1) is 11.2. The van der Waals surface area contributed by atoms with Crippen molar-refractivity contribution in [1.29, 1.82) is 0 Å². The van der Waals surface area contributed by atoms with E-state index in [0.29, 0.717) is 8.84 Å². The minimum Gasteiger partial charge on any atom is -0.0847 e. The Morgan fingerprint density at radius 2 is 1.43 bits per heavy atom. The number of rotatable bonds is 0. The molecule has 0 amide bonds. The van der Waals surface area contributed by atoms with Crippen LogP contribution < -0.4 is 0 Å². The summed E-state index contributed by atoms with van der Waals surface area (Å²) in [5, 5.41) is 0. The fourth-order valence-electron chi connectivity index (χ4n) is 7.45. The highest BCUT2D eigenvalue weighted by Crippen LogP contribution is 2.75. The lowest BCUT2D eigenvalue weighted by Crippen LogP contribution is -2.34. The van der Waals surface area contributed by atoms with Crippen LogP contribution in [0.5, 0.6) is 0 Å². The Kier molecular flexibility index (Phi) is 2.58. The lowest BCUT2D eigenvalue weighted by atomic mass is 9.66. The number of alkyl halides is 1. The van der Waals surface area contributed by atoms with Gasteiger partial charge < -0.3 is 0 Å². The molecule has 0 saturated heterocycles. The molecule has 6 aliphatic carbocycles. The molecular formula is C22H23I. The maximum atomic E-state index is 2.90. The SMILES string of the molecule is IC12CC3(CC1C1C=CC2C1)C1C=CC=CC1C1C=CC=CC13. The third kappa shape index (κ3) is 1.50. The van der Waals surface area contributed by atoms with E-state index < -0.39 is 0 Å². The molecule has 3 saturated carbocycles. The van der Waals surface area contributed by atoms with Gasteiger partial charge in [-0.1, -0.05) is 83.4 Å². The molecule has 8 atom stereocenters. The summed E-state index contributed by atoms with van der Waals surface area (Å²) in [5.74, 6) is 5.63. The van der Waals surface area contributed by atoms with Crippen molar-refractivity contribution in [1.82, 2.24) is 0 Å². The van der Waals surface area contributed by atoms with E-state index in [1.165, 1.54) is 19.3 Å². The lowest BCUT2D eigenvalue weighted by molar-refractivity contribution is 0.164. The Balaban J connectivity index is 1.49. The van der Waals surface area contributed by atoms with Crippen molar-refractivity contribution < 1.29 is 0 Å². The summed E-state index contributed by atoms with van der Waals surface area (Å²) in [6, 6.07) is 0. The smallest absolute Gasteiger partial charge is 0.0324 e. The van der Waals surface area contributed by atoms with Crippen LogP contribution in [-0.4, -0.2) is 3.42 Å². The van der Waals surface area contributed by atoms with Crippen LogP contribution in [0.15, 0.2) is 60.8 Å². The molecule has 2 bridgehead atoms. The second-order valence-corrected chi connectivity index (χ2v) is 10.8. The van der Waals surface area contributed by atoms with Crippen LogP contribution in [0.4, 0.5) is 0 Å². The third-order valence-electron chi connectivity index (χ3n) is 8.19. The summed E-state index contributed by atoms with van der Waals surface area (Å²) in [4.78, 5) is 0. The second-order valence-electron chi connectivity index (χ2n) is 8.78. The molecule has 6 aliphatic rings. The Bertz CT molecular complexity index is 673. The summed E-state index contributed by atoms with van der Waals surface area (Å²) in [6.07, 6.45) is 28.9. The van der Waals surface area contributed by atoms with E-state index in [4.69, 9.17) is 0 Å². The molecule has 1 spiro atoms. The largest absolute Gasteiger partial charge is 0.0847 e. The quantitative estimate of drug-likeness (QED) is 0.279. The Hall–Kier alpha value is -0.570. The summed E-state index contributed by atoms with van der Waals surface area (Å²) < 4.78 is 0.542. The molecule has 0 aromatic rings. The number of hydrogen-bond donors (Lipinski definition) is 0. The first-order valence-corrected chi connectivity index (χ1v) is 10.4. The molecule has 0 radical (unpaired) electrons. The normalized spacial score (nSPS) is 59.8. The zero-order valence-electron chi connectivity index (χ0n) is 13.3. The van der Waals surface area contributed by atoms with Gasteiger partial charge in [0.25, 0.3) is 0 Å². The van der Waals surface area contributed by atoms with Crippen molar-refractivity contribution in [2.24, 2.45) is 46.8 Å². The predicted molar refractivity (Wildman–Crippen MR) is 103 cm³/mol. The molecule has 1 heteroatoms. The Labute approximate surface area is 152 Å². The van der Waals surface area contributed by atoms with Gasteiger partial charge in [0.1, 0.15) is 0 Å². The zero-order valence-corrected chi connectivity index (χ0v) is 15.5. The van der Waals surface area contributed by atoms with Gasteiger partial charge in [-0.3, -0.25) is 0 Å². The molecular weight excluding hydrogens is 391 g/mol. The number of halogens is 1. The van der Waals surface area contributed by atoms with Gasteiger partial charge in [0.05, 0.1) is 0 Å². The maximum Gasteiger partial charge on any atom is 0.0324 e. The highest BCUT2D eigenvalue weighted by atomic mass is 127. The van der Waals surface area contributed by atoms with Gasteiger partial charge in [0, 0.05) is 3.42 Å². The average molecular weight is 414 g/mol. The standard InChI is InChI=1S/C22H23I/c23-22-13-21(12-20(22)14-9-10-15(22)11-14)18-7-3-1-5-16(18)17-6-2-4-8-19(17)21/h1-10,14-20H,11-13H2. The van der Waals surface area contributed by atoms with Gasteiger partial charge in [0.2, 0.25) is 0 Å². The molecule has 8 unspecified atom stereocenters. The minimum absolute atomic E-state index is 0.507. The second kappa shape index (κ2) is 4.33. The van der Waals surface area contributed by atoms with Gasteiger partial charge in [-0.25, -0.2) is 0 Å². The topological polar surface area (TPSA) is 0 Å². The van der Waals surface area contributed by atoms with Gasteiger partial charge in [0.15, 0.2) is 0 Å². The van der Waals surface area contributed by atoms with E-state index in [-0.39, 0.29) is 0 Å². The molecule has 0 N–H and O–H groups in total. The van der Waals surface area contributed by atoms with Crippen LogP contribution in [-0.2, 0) is 0 Å². The Morgan fingerprint density at radius 1 is 0.783 bits per heavy atom. The summed E-state index contributed by atoms with van der Waals surface area (Å²) in [5.41, 5.74) is 0.507. The number of fused-ring (bicyclic) bond motifs is 10. The van der Waals surface area contributed by atoms with E-state index in [1.54, 1.807) is 0 Å². The first kappa shape index (κ1) is 13.7. The predicted octanol–water partition coefficient (Wildman–Crippen LogP) is 5.49. The molecule has 0 nitrogen and oxygen atoms in total. The third-order valence-corrected chi connectivity index (χ3v) is 10.2. The zero-order chi connectivity index (χ0) is 15.2. The average Bonchev–Trinajstić information content (AvgIpc) is 3.29. The molecule has 118 valence electrons. The van der Waals surface area contributed by atoms with E-state index in [0.717, 1.165) is 41.4 Å². The molecule has 0 heterocycles. The van der Waals surface area contributed by atoms with Gasteiger partial charge in [-0.15, -0.1) is 0 Å². The summed E-state index contributed by atoms with van der Waals surface area (Å²) in [6.45, 7) is 0. The minimum atomic E-state index is 0.507. The first-order valence-electron chi connectivity index (χ1n) is 9.30. The molecule has 3 fully saturated rings. The highest BCUT2D eigenvalue weighted by molar-refractivity contribution is 14.1. The summed E-state index contributed by atoms with van der Waals surface area (Å²) in [7, 11) is 0. The summed E-state index contributed by atoms with van der Waals surface area (Å²) >= 11 is 2.90. The molecule has 0 aromatic carbocycles. The van der Waals surface area contributed by atoms with Crippen LogP contribution >= 0.6 is 22.6 Å². The van der Waals surface area contributed by atoms with Crippen LogP contribution in [0.25, 0.3) is 0 Å². The highest BCUT2D eigenvalue weighted by Gasteiger charge is 2.69. The van der Waals surface area contributed by atoms with Crippen LogP contribution in [0.1, 0.15) is 19.3 Å². The number of allylic oxidation sites excluding steroid dienone is 10. The van der Waals surface area contributed by atoms with Crippen molar-refractivity contribution in [3.63, 3.8) is 0 Å². The van der Waals surface area contributed by atoms with E-state index in [9.17, 15) is 0 Å². The van der Waals surface area contributed by atoms with Gasteiger partial charge >= 0.3 is 0 Å². The van der Waals surface area contributed by atoms with Crippen molar-refractivity contribution in [3.8, 4) is 0 Å². The van der Waals surface area contributed by atoms with E-state index in [1.807, 2.05) is 0 Å². The molecule has 0 aliphatic heterocycles. The fourth-order valence-corrected chi connectivity index (χ4v) is 9.30. The van der Waals surface area contributed by atoms with E-state index >= 15 is 0 Å². The van der Waals surface area contributed by atoms with E-state index in [2.05, 4.69) is 83.4 Å². The van der Waals surface area contributed by atoms with Crippen LogP contribution in [0, 0.1) is 46.8 Å². The molecule has 0 aromatic heterocycles. The van der Waals surface area contributed by atoms with Crippen molar-refractivity contribution in [3.05, 3.63) is 60.8 Å². The van der Waals surface area contributed by atoms with Crippen molar-refractivity contribution in [2.45, 2.75) is 22.7 Å². The van der Waals surface area contributed by atoms with Crippen molar-refractivity contribution in [2.75, 3.05) is 0 Å². The van der Waals surface area contributed by atoms with Crippen LogP contribution in [0.2, 0.25) is 0 Å². The number of hydrogen-bond acceptors (Lipinski definition) is 0. The van der Waals surface area contributed by atoms with Gasteiger partial charge in [-0.05, 0) is 66.1 Å². The maximum absolute atomic E-state index is 2.90. The monoisotopic (exact) mass is 414 g/mol. The molecule has 23 heavy (non-hydrogen) atoms.